The largest absolute Gasteiger partial charge is 0.481 e. The van der Waals surface area contributed by atoms with Gasteiger partial charge >= 0.3 is 5.97 Å². The zero-order valence-corrected chi connectivity index (χ0v) is 11.3. The number of nitrogens with zero attached hydrogens (tertiary/aromatic N) is 2. The molecule has 0 saturated carbocycles. The maximum Gasteiger partial charge on any atom is 0.306 e. The van der Waals surface area contributed by atoms with Crippen molar-refractivity contribution in [1.82, 2.24) is 9.55 Å². The minimum atomic E-state index is -0.808. The lowest BCUT2D eigenvalue weighted by molar-refractivity contribution is -0.142. The van der Waals surface area contributed by atoms with Gasteiger partial charge in [0.15, 0.2) is 5.15 Å². The number of halogens is 2. The summed E-state index contributed by atoms with van der Waals surface area (Å²) in [5.41, 5.74) is 1.51. The molecule has 0 saturated heterocycles. The van der Waals surface area contributed by atoms with E-state index in [9.17, 15) is 9.18 Å². The Bertz CT molecular complexity index is 667. The molecular formula is C14H12ClFN2O2. The fourth-order valence-electron chi connectivity index (χ4n) is 2.54. The lowest BCUT2D eigenvalue weighted by Crippen LogP contribution is -2.25. The monoisotopic (exact) mass is 294 g/mol. The maximum absolute atomic E-state index is 13.0. The van der Waals surface area contributed by atoms with Gasteiger partial charge < -0.3 is 9.67 Å². The minimum absolute atomic E-state index is 0.309. The molecule has 1 aromatic carbocycles. The van der Waals surface area contributed by atoms with Gasteiger partial charge in [-0.15, -0.1) is 0 Å². The first kappa shape index (κ1) is 13.1. The van der Waals surface area contributed by atoms with Gasteiger partial charge in [-0.3, -0.25) is 4.79 Å². The summed E-state index contributed by atoms with van der Waals surface area (Å²) >= 11 is 6.12. The minimum Gasteiger partial charge on any atom is -0.481 e. The topological polar surface area (TPSA) is 55.1 Å². The zero-order valence-electron chi connectivity index (χ0n) is 10.5. The summed E-state index contributed by atoms with van der Waals surface area (Å²) < 4.78 is 14.9. The predicted octanol–water partition coefficient (Wildman–Crippen LogP) is 2.99. The van der Waals surface area contributed by atoms with E-state index in [2.05, 4.69) is 4.98 Å². The van der Waals surface area contributed by atoms with Crippen LogP contribution in [0.4, 0.5) is 4.39 Å². The number of carbonyl (C=O) groups is 1. The van der Waals surface area contributed by atoms with Crippen LogP contribution in [-0.4, -0.2) is 20.6 Å². The van der Waals surface area contributed by atoms with Crippen LogP contribution in [0.15, 0.2) is 24.3 Å². The third kappa shape index (κ3) is 2.18. The van der Waals surface area contributed by atoms with Crippen molar-refractivity contribution in [3.05, 3.63) is 40.9 Å². The average molecular weight is 295 g/mol. The van der Waals surface area contributed by atoms with Crippen molar-refractivity contribution in [2.75, 3.05) is 0 Å². The van der Waals surface area contributed by atoms with E-state index in [1.807, 2.05) is 4.57 Å². The van der Waals surface area contributed by atoms with E-state index in [4.69, 9.17) is 16.7 Å². The van der Waals surface area contributed by atoms with Crippen LogP contribution < -0.4 is 0 Å². The molecule has 1 aliphatic rings. The van der Waals surface area contributed by atoms with Crippen molar-refractivity contribution < 1.29 is 14.3 Å². The molecule has 1 aromatic heterocycles. The van der Waals surface area contributed by atoms with Crippen LogP contribution in [0.3, 0.4) is 0 Å². The number of imidazole rings is 1. The Morgan fingerprint density at radius 3 is 2.75 bits per heavy atom. The number of benzene rings is 1. The molecule has 0 radical (unpaired) electrons. The van der Waals surface area contributed by atoms with Crippen LogP contribution >= 0.6 is 11.6 Å². The van der Waals surface area contributed by atoms with Gasteiger partial charge in [0.25, 0.3) is 0 Å². The van der Waals surface area contributed by atoms with Crippen LogP contribution in [0.5, 0.6) is 0 Å². The van der Waals surface area contributed by atoms with E-state index in [0.29, 0.717) is 30.4 Å². The summed E-state index contributed by atoms with van der Waals surface area (Å²) in [7, 11) is 0. The summed E-state index contributed by atoms with van der Waals surface area (Å²) in [4.78, 5) is 15.4. The van der Waals surface area contributed by atoms with Gasteiger partial charge in [-0.25, -0.2) is 9.37 Å². The van der Waals surface area contributed by atoms with E-state index < -0.39 is 11.9 Å². The molecule has 6 heteroatoms. The average Bonchev–Trinajstić information content (AvgIpc) is 2.76. The second kappa shape index (κ2) is 4.90. The molecule has 1 N–H and O–H groups in total. The Kier molecular flexibility index (Phi) is 3.22. The Morgan fingerprint density at radius 1 is 1.40 bits per heavy atom. The fourth-order valence-corrected chi connectivity index (χ4v) is 2.80. The van der Waals surface area contributed by atoms with Gasteiger partial charge in [-0.05, 0) is 30.7 Å². The maximum atomic E-state index is 13.0. The highest BCUT2D eigenvalue weighted by atomic mass is 35.5. The smallest absolute Gasteiger partial charge is 0.306 e. The highest BCUT2D eigenvalue weighted by Gasteiger charge is 2.29. The summed E-state index contributed by atoms with van der Waals surface area (Å²) in [5.74, 6) is -0.875. The van der Waals surface area contributed by atoms with Crippen molar-refractivity contribution >= 4 is 17.6 Å². The first-order chi connectivity index (χ1) is 9.56. The molecule has 1 unspecified atom stereocenters. The summed E-state index contributed by atoms with van der Waals surface area (Å²) in [6.45, 7) is 0.554. The summed E-state index contributed by atoms with van der Waals surface area (Å²) in [6, 6.07) is 6.02. The number of carboxylic acids is 1. The molecule has 2 heterocycles. The fraction of sp³-hybridized carbons (Fsp3) is 0.286. The third-order valence-electron chi connectivity index (χ3n) is 3.62. The molecule has 0 amide bonds. The van der Waals surface area contributed by atoms with Crippen molar-refractivity contribution in [3.8, 4) is 11.4 Å². The zero-order chi connectivity index (χ0) is 14.3. The molecule has 0 bridgehead atoms. The number of fused-ring (bicyclic) bond motifs is 1. The lowest BCUT2D eigenvalue weighted by Gasteiger charge is -2.22. The highest BCUT2D eigenvalue weighted by Crippen LogP contribution is 2.32. The molecule has 2 aromatic rings. The molecule has 104 valence electrons. The number of aromatic nitrogens is 2. The SMILES string of the molecule is O=C(O)C1CCn2c(-c3ccc(F)cc3)nc(Cl)c2C1. The Morgan fingerprint density at radius 2 is 2.10 bits per heavy atom. The standard InChI is InChI=1S/C14H12ClFN2O2/c15-12-11-7-9(14(19)20)5-6-18(11)13(17-12)8-1-3-10(16)4-2-8/h1-4,9H,5-7H2,(H,19,20). The number of carboxylic acid groups (broad SMARTS) is 1. The van der Waals surface area contributed by atoms with Gasteiger partial charge in [-0.2, -0.15) is 0 Å². The van der Waals surface area contributed by atoms with Gasteiger partial charge in [0.2, 0.25) is 0 Å². The van der Waals surface area contributed by atoms with E-state index in [-0.39, 0.29) is 5.82 Å². The molecule has 0 fully saturated rings. The van der Waals surface area contributed by atoms with Crippen LogP contribution in [0.25, 0.3) is 11.4 Å². The molecule has 1 aliphatic heterocycles. The van der Waals surface area contributed by atoms with Crippen molar-refractivity contribution in [1.29, 1.82) is 0 Å². The van der Waals surface area contributed by atoms with Gasteiger partial charge in [0.05, 0.1) is 11.6 Å². The lowest BCUT2D eigenvalue weighted by atomic mass is 9.96. The van der Waals surface area contributed by atoms with Crippen molar-refractivity contribution in [2.45, 2.75) is 19.4 Å². The quantitative estimate of drug-likeness (QED) is 0.926. The van der Waals surface area contributed by atoms with E-state index >= 15 is 0 Å². The molecule has 4 nitrogen and oxygen atoms in total. The molecule has 3 rings (SSSR count). The Labute approximate surface area is 119 Å². The number of aliphatic carboxylic acids is 1. The van der Waals surface area contributed by atoms with E-state index in [1.165, 1.54) is 12.1 Å². The molecule has 20 heavy (non-hydrogen) atoms. The van der Waals surface area contributed by atoms with Crippen LogP contribution in [0, 0.1) is 11.7 Å². The van der Waals surface area contributed by atoms with E-state index in [0.717, 1.165) is 11.3 Å². The second-order valence-electron chi connectivity index (χ2n) is 4.86. The molecular weight excluding hydrogens is 283 g/mol. The first-order valence-electron chi connectivity index (χ1n) is 6.30. The molecule has 1 atom stereocenters. The van der Waals surface area contributed by atoms with Gasteiger partial charge in [0, 0.05) is 18.5 Å². The first-order valence-corrected chi connectivity index (χ1v) is 6.67. The van der Waals surface area contributed by atoms with Crippen molar-refractivity contribution in [2.24, 2.45) is 5.92 Å². The second-order valence-corrected chi connectivity index (χ2v) is 5.22. The van der Waals surface area contributed by atoms with Crippen LogP contribution in [-0.2, 0) is 17.8 Å². The van der Waals surface area contributed by atoms with Gasteiger partial charge in [-0.1, -0.05) is 11.6 Å². The molecule has 0 aliphatic carbocycles. The number of hydrogen-bond acceptors (Lipinski definition) is 2. The molecule has 0 spiro atoms. The Balaban J connectivity index is 2.02. The Hall–Kier alpha value is -1.88. The summed E-state index contributed by atoms with van der Waals surface area (Å²) in [6.07, 6.45) is 0.922. The number of rotatable bonds is 2. The third-order valence-corrected chi connectivity index (χ3v) is 3.92. The number of hydrogen-bond donors (Lipinski definition) is 1. The normalized spacial score (nSPS) is 17.8. The summed E-state index contributed by atoms with van der Waals surface area (Å²) in [5, 5.41) is 9.42. The predicted molar refractivity (Wildman–Crippen MR) is 72.1 cm³/mol. The van der Waals surface area contributed by atoms with Crippen LogP contribution in [0.1, 0.15) is 12.1 Å². The van der Waals surface area contributed by atoms with Crippen molar-refractivity contribution in [3.63, 3.8) is 0 Å². The van der Waals surface area contributed by atoms with Gasteiger partial charge in [0.1, 0.15) is 11.6 Å². The van der Waals surface area contributed by atoms with Crippen LogP contribution in [0.2, 0.25) is 5.15 Å². The van der Waals surface area contributed by atoms with E-state index in [1.54, 1.807) is 12.1 Å². The highest BCUT2D eigenvalue weighted by molar-refractivity contribution is 6.30.